The summed E-state index contributed by atoms with van der Waals surface area (Å²) in [5.41, 5.74) is 7.03. The molecule has 3 nitrogen and oxygen atoms in total. The maximum absolute atomic E-state index is 13.6. The third-order valence-electron chi connectivity index (χ3n) is 4.28. The van der Waals surface area contributed by atoms with Gasteiger partial charge in [0.2, 0.25) is 0 Å². The summed E-state index contributed by atoms with van der Waals surface area (Å²) in [6, 6.07) is 6.11. The summed E-state index contributed by atoms with van der Waals surface area (Å²) >= 11 is 0. The standard InChI is InChI=1S/C14H20FN3/c1-10-8-17-7-3-4-11(17)9-18(10)13-6-2-5-12(15)14(13)16/h2,5-6,10-11H,3-4,7-9,16H2,1H3. The molecule has 0 aliphatic carbocycles. The Labute approximate surface area is 107 Å². The molecule has 2 aliphatic rings. The topological polar surface area (TPSA) is 32.5 Å². The summed E-state index contributed by atoms with van der Waals surface area (Å²) in [6.45, 7) is 5.43. The Hall–Kier alpha value is -1.29. The van der Waals surface area contributed by atoms with Crippen LogP contribution in [0.2, 0.25) is 0 Å². The number of rotatable bonds is 1. The lowest BCUT2D eigenvalue weighted by Crippen LogP contribution is -2.55. The van der Waals surface area contributed by atoms with Crippen LogP contribution in [0.4, 0.5) is 15.8 Å². The number of fused-ring (bicyclic) bond motifs is 1. The van der Waals surface area contributed by atoms with Crippen LogP contribution in [0.1, 0.15) is 19.8 Å². The number of halogens is 1. The number of hydrogen-bond acceptors (Lipinski definition) is 3. The normalized spacial score (nSPS) is 28.4. The average molecular weight is 249 g/mol. The molecule has 2 aliphatic heterocycles. The van der Waals surface area contributed by atoms with E-state index in [4.69, 9.17) is 5.73 Å². The fraction of sp³-hybridized carbons (Fsp3) is 0.571. The number of nitrogen functional groups attached to an aromatic ring is 1. The monoisotopic (exact) mass is 249 g/mol. The summed E-state index contributed by atoms with van der Waals surface area (Å²) < 4.78 is 13.6. The van der Waals surface area contributed by atoms with Crippen molar-refractivity contribution in [1.82, 2.24) is 4.90 Å². The van der Waals surface area contributed by atoms with E-state index in [0.29, 0.717) is 12.1 Å². The number of hydrogen-bond donors (Lipinski definition) is 1. The molecule has 0 bridgehead atoms. The zero-order valence-electron chi connectivity index (χ0n) is 10.8. The molecule has 0 radical (unpaired) electrons. The van der Waals surface area contributed by atoms with Gasteiger partial charge in [0.25, 0.3) is 0 Å². The molecule has 0 saturated carbocycles. The van der Waals surface area contributed by atoms with Gasteiger partial charge in [-0.15, -0.1) is 0 Å². The van der Waals surface area contributed by atoms with Crippen LogP contribution in [0.3, 0.4) is 0 Å². The first-order valence-electron chi connectivity index (χ1n) is 6.71. The van der Waals surface area contributed by atoms with Crippen molar-refractivity contribution < 1.29 is 4.39 Å². The summed E-state index contributed by atoms with van der Waals surface area (Å²) in [7, 11) is 0. The second-order valence-electron chi connectivity index (χ2n) is 5.47. The zero-order valence-corrected chi connectivity index (χ0v) is 10.8. The van der Waals surface area contributed by atoms with E-state index >= 15 is 0 Å². The first kappa shape index (κ1) is 11.8. The van der Waals surface area contributed by atoms with Gasteiger partial charge in [0.15, 0.2) is 0 Å². The Morgan fingerprint density at radius 2 is 2.17 bits per heavy atom. The summed E-state index contributed by atoms with van der Waals surface area (Å²) in [4.78, 5) is 4.82. The quantitative estimate of drug-likeness (QED) is 0.773. The van der Waals surface area contributed by atoms with Crippen molar-refractivity contribution in [3.8, 4) is 0 Å². The highest BCUT2D eigenvalue weighted by Gasteiger charge is 2.35. The SMILES string of the molecule is CC1CN2CCCC2CN1c1cccc(F)c1N. The lowest BCUT2D eigenvalue weighted by molar-refractivity contribution is 0.203. The molecule has 4 heteroatoms. The molecular weight excluding hydrogens is 229 g/mol. The third-order valence-corrected chi connectivity index (χ3v) is 4.28. The van der Waals surface area contributed by atoms with Gasteiger partial charge in [0.05, 0.1) is 11.4 Å². The number of anilines is 2. The van der Waals surface area contributed by atoms with Crippen LogP contribution >= 0.6 is 0 Å². The van der Waals surface area contributed by atoms with Crippen molar-refractivity contribution in [1.29, 1.82) is 0 Å². The van der Waals surface area contributed by atoms with Crippen LogP contribution in [-0.2, 0) is 0 Å². The fourth-order valence-electron chi connectivity index (χ4n) is 3.30. The highest BCUT2D eigenvalue weighted by molar-refractivity contribution is 5.68. The Balaban J connectivity index is 1.89. The molecular formula is C14H20FN3. The highest BCUT2D eigenvalue weighted by atomic mass is 19.1. The predicted molar refractivity (Wildman–Crippen MR) is 72.2 cm³/mol. The van der Waals surface area contributed by atoms with E-state index in [0.717, 1.165) is 18.8 Å². The molecule has 2 heterocycles. The molecule has 1 aromatic carbocycles. The Kier molecular flexibility index (Phi) is 2.90. The van der Waals surface area contributed by atoms with Gasteiger partial charge >= 0.3 is 0 Å². The van der Waals surface area contributed by atoms with E-state index in [1.807, 2.05) is 6.07 Å². The molecule has 0 amide bonds. The van der Waals surface area contributed by atoms with Crippen molar-refractivity contribution in [3.05, 3.63) is 24.0 Å². The molecule has 2 saturated heterocycles. The van der Waals surface area contributed by atoms with Gasteiger partial charge in [-0.05, 0) is 38.4 Å². The summed E-state index contributed by atoms with van der Waals surface area (Å²) in [6.07, 6.45) is 2.53. The van der Waals surface area contributed by atoms with E-state index in [-0.39, 0.29) is 11.5 Å². The maximum Gasteiger partial charge on any atom is 0.148 e. The second-order valence-corrected chi connectivity index (χ2v) is 5.47. The van der Waals surface area contributed by atoms with Gasteiger partial charge in [-0.1, -0.05) is 6.07 Å². The lowest BCUT2D eigenvalue weighted by Gasteiger charge is -2.44. The Morgan fingerprint density at radius 1 is 1.33 bits per heavy atom. The molecule has 98 valence electrons. The zero-order chi connectivity index (χ0) is 12.7. The van der Waals surface area contributed by atoms with Gasteiger partial charge < -0.3 is 10.6 Å². The molecule has 3 rings (SSSR count). The van der Waals surface area contributed by atoms with Crippen molar-refractivity contribution in [2.24, 2.45) is 0 Å². The van der Waals surface area contributed by atoms with Crippen LogP contribution in [-0.4, -0.2) is 36.6 Å². The van der Waals surface area contributed by atoms with Crippen LogP contribution < -0.4 is 10.6 Å². The number of benzene rings is 1. The summed E-state index contributed by atoms with van der Waals surface area (Å²) in [5.74, 6) is -0.312. The van der Waals surface area contributed by atoms with E-state index in [1.165, 1.54) is 25.5 Å². The van der Waals surface area contributed by atoms with Crippen LogP contribution in [0, 0.1) is 5.82 Å². The van der Waals surface area contributed by atoms with Crippen LogP contribution in [0.15, 0.2) is 18.2 Å². The third kappa shape index (κ3) is 1.85. The summed E-state index contributed by atoms with van der Waals surface area (Å²) in [5, 5.41) is 0. The Bertz CT molecular complexity index is 449. The van der Waals surface area contributed by atoms with E-state index in [2.05, 4.69) is 16.7 Å². The van der Waals surface area contributed by atoms with Crippen molar-refractivity contribution in [3.63, 3.8) is 0 Å². The maximum atomic E-state index is 13.6. The largest absolute Gasteiger partial charge is 0.395 e. The van der Waals surface area contributed by atoms with Crippen molar-refractivity contribution in [2.45, 2.75) is 31.8 Å². The van der Waals surface area contributed by atoms with Crippen molar-refractivity contribution in [2.75, 3.05) is 30.3 Å². The fourth-order valence-corrected chi connectivity index (χ4v) is 3.30. The molecule has 1 aromatic rings. The molecule has 0 spiro atoms. The smallest absolute Gasteiger partial charge is 0.148 e. The number of piperazine rings is 1. The molecule has 0 aromatic heterocycles. The molecule has 2 fully saturated rings. The number of nitrogens with zero attached hydrogens (tertiary/aromatic N) is 2. The molecule has 2 unspecified atom stereocenters. The van der Waals surface area contributed by atoms with Gasteiger partial charge in [0, 0.05) is 25.2 Å². The first-order chi connectivity index (χ1) is 8.66. The van der Waals surface area contributed by atoms with Crippen LogP contribution in [0.25, 0.3) is 0 Å². The van der Waals surface area contributed by atoms with E-state index in [1.54, 1.807) is 6.07 Å². The molecule has 18 heavy (non-hydrogen) atoms. The van der Waals surface area contributed by atoms with Crippen LogP contribution in [0.5, 0.6) is 0 Å². The molecule has 2 atom stereocenters. The lowest BCUT2D eigenvalue weighted by atomic mass is 10.1. The average Bonchev–Trinajstić information content (AvgIpc) is 2.79. The minimum absolute atomic E-state index is 0.288. The van der Waals surface area contributed by atoms with Gasteiger partial charge in [-0.25, -0.2) is 4.39 Å². The second kappa shape index (κ2) is 4.43. The van der Waals surface area contributed by atoms with Gasteiger partial charge in [-0.2, -0.15) is 0 Å². The van der Waals surface area contributed by atoms with Gasteiger partial charge in [0.1, 0.15) is 5.82 Å². The number of nitrogens with two attached hydrogens (primary N) is 1. The van der Waals surface area contributed by atoms with Crippen molar-refractivity contribution >= 4 is 11.4 Å². The molecule has 2 N–H and O–H groups in total. The Morgan fingerprint density at radius 3 is 3.00 bits per heavy atom. The minimum atomic E-state index is -0.312. The van der Waals surface area contributed by atoms with E-state index < -0.39 is 0 Å². The first-order valence-corrected chi connectivity index (χ1v) is 6.71. The highest BCUT2D eigenvalue weighted by Crippen LogP contribution is 2.32. The number of para-hydroxylation sites is 1. The van der Waals surface area contributed by atoms with E-state index in [9.17, 15) is 4.39 Å². The predicted octanol–water partition coefficient (Wildman–Crippen LogP) is 2.08. The van der Waals surface area contributed by atoms with Gasteiger partial charge in [-0.3, -0.25) is 4.90 Å². The minimum Gasteiger partial charge on any atom is -0.395 e.